The van der Waals surface area contributed by atoms with E-state index in [0.29, 0.717) is 5.92 Å². The molecule has 162 valence electrons. The highest BCUT2D eigenvalue weighted by atomic mass is 15.1. The summed E-state index contributed by atoms with van der Waals surface area (Å²) in [5, 5.41) is 0. The zero-order valence-electron chi connectivity index (χ0n) is 20.1. The van der Waals surface area contributed by atoms with Crippen molar-refractivity contribution in [3.8, 4) is 11.1 Å². The second-order valence-electron chi connectivity index (χ2n) is 9.25. The molecule has 1 heteroatoms. The molecule has 0 N–H and O–H groups in total. The van der Waals surface area contributed by atoms with Gasteiger partial charge in [-0.05, 0) is 88.1 Å². The van der Waals surface area contributed by atoms with Crippen molar-refractivity contribution < 1.29 is 0 Å². The van der Waals surface area contributed by atoms with Crippen LogP contribution in [0.25, 0.3) is 22.8 Å². The van der Waals surface area contributed by atoms with Crippen LogP contribution >= 0.6 is 0 Å². The lowest BCUT2D eigenvalue weighted by atomic mass is 9.94. The molecule has 0 unspecified atom stereocenters. The zero-order chi connectivity index (χ0) is 22.8. The summed E-state index contributed by atoms with van der Waals surface area (Å²) in [6.45, 7) is 9.00. The number of hydrogen-bond donors (Lipinski definition) is 0. The molecule has 0 saturated heterocycles. The molecule has 0 saturated carbocycles. The summed E-state index contributed by atoms with van der Waals surface area (Å²) in [4.78, 5) is 2.14. The molecule has 0 radical (unpaired) electrons. The highest BCUT2D eigenvalue weighted by Gasteiger charge is 2.17. The van der Waals surface area contributed by atoms with Gasteiger partial charge in [0.05, 0.1) is 0 Å². The highest BCUT2D eigenvalue weighted by Crippen LogP contribution is 2.39. The van der Waals surface area contributed by atoms with Crippen molar-refractivity contribution in [1.82, 2.24) is 0 Å². The van der Waals surface area contributed by atoms with Crippen LogP contribution in [0.2, 0.25) is 0 Å². The second kappa shape index (κ2) is 9.04. The van der Waals surface area contributed by atoms with Crippen LogP contribution in [0.1, 0.15) is 53.1 Å². The third-order valence-electron chi connectivity index (χ3n) is 6.33. The van der Waals surface area contributed by atoms with Gasteiger partial charge in [0, 0.05) is 19.8 Å². The third-order valence-corrected chi connectivity index (χ3v) is 6.33. The van der Waals surface area contributed by atoms with Crippen LogP contribution in [0.3, 0.4) is 0 Å². The Bertz CT molecular complexity index is 1210. The SMILES string of the molecule is Cc1cc(/C=C(\c2ccccc2)c2ccc(N(C)C)cc2)c2c(C)ccc(C(C)C)cc1-2. The first-order valence-electron chi connectivity index (χ1n) is 11.4. The van der Waals surface area contributed by atoms with Gasteiger partial charge in [0.2, 0.25) is 0 Å². The van der Waals surface area contributed by atoms with E-state index in [-0.39, 0.29) is 0 Å². The summed E-state index contributed by atoms with van der Waals surface area (Å²) in [6.07, 6.45) is 2.37. The Balaban J connectivity index is 1.91. The van der Waals surface area contributed by atoms with Gasteiger partial charge in [-0.2, -0.15) is 0 Å². The summed E-state index contributed by atoms with van der Waals surface area (Å²) in [5.41, 5.74) is 13.0. The molecular weight excluding hydrogens is 386 g/mol. The van der Waals surface area contributed by atoms with Crippen LogP contribution in [-0.4, -0.2) is 14.1 Å². The molecule has 0 aliphatic heterocycles. The molecule has 1 nitrogen and oxygen atoms in total. The van der Waals surface area contributed by atoms with Crippen LogP contribution in [0, 0.1) is 13.8 Å². The number of rotatable bonds is 5. The van der Waals surface area contributed by atoms with Crippen LogP contribution in [0.15, 0.2) is 78.9 Å². The van der Waals surface area contributed by atoms with E-state index in [4.69, 9.17) is 0 Å². The lowest BCUT2D eigenvalue weighted by Crippen LogP contribution is -2.08. The number of aryl methyl sites for hydroxylation is 2. The van der Waals surface area contributed by atoms with E-state index in [1.165, 1.54) is 55.8 Å². The van der Waals surface area contributed by atoms with E-state index in [2.05, 4.69) is 132 Å². The van der Waals surface area contributed by atoms with Crippen LogP contribution in [0.4, 0.5) is 5.69 Å². The van der Waals surface area contributed by atoms with Crippen molar-refractivity contribution in [2.24, 2.45) is 0 Å². The number of nitrogens with zero attached hydrogens (tertiary/aromatic N) is 1. The Morgan fingerprint density at radius 3 is 2.03 bits per heavy atom. The molecule has 2 aromatic carbocycles. The van der Waals surface area contributed by atoms with E-state index in [9.17, 15) is 0 Å². The molecule has 0 amide bonds. The van der Waals surface area contributed by atoms with Gasteiger partial charge in [0.1, 0.15) is 0 Å². The Morgan fingerprint density at radius 1 is 0.750 bits per heavy atom. The van der Waals surface area contributed by atoms with Gasteiger partial charge in [0.15, 0.2) is 0 Å². The second-order valence-corrected chi connectivity index (χ2v) is 9.25. The van der Waals surface area contributed by atoms with Crippen molar-refractivity contribution in [3.05, 3.63) is 112 Å². The maximum atomic E-state index is 2.38. The van der Waals surface area contributed by atoms with Gasteiger partial charge in [-0.25, -0.2) is 0 Å². The number of fused-ring (bicyclic) bond motifs is 1. The standard InChI is InChI=1S/C31H33N/c1-21(2)26-13-12-22(3)31-27(18-23(4)29(31)19-26)20-30(24-10-8-7-9-11-24)25-14-16-28(17-15-25)32(5)6/h7-21H,1-6H3/b30-20+. The molecule has 2 aliphatic rings. The molecule has 0 fully saturated rings. The average Bonchev–Trinajstić information content (AvgIpc) is 2.97. The smallest absolute Gasteiger partial charge is 0.0361 e. The molecule has 0 heterocycles. The van der Waals surface area contributed by atoms with Gasteiger partial charge >= 0.3 is 0 Å². The predicted octanol–water partition coefficient (Wildman–Crippen LogP) is 8.19. The number of benzene rings is 2. The molecule has 0 aromatic heterocycles. The Hall–Kier alpha value is -3.32. The minimum absolute atomic E-state index is 0.508. The fraction of sp³-hybridized carbons (Fsp3) is 0.226. The van der Waals surface area contributed by atoms with Gasteiger partial charge in [-0.15, -0.1) is 0 Å². The summed E-state index contributed by atoms with van der Waals surface area (Å²) in [5.74, 6) is 0.508. The first-order chi connectivity index (χ1) is 15.3. The highest BCUT2D eigenvalue weighted by molar-refractivity contribution is 5.96. The molecular formula is C31H33N. The van der Waals surface area contributed by atoms with E-state index >= 15 is 0 Å². The van der Waals surface area contributed by atoms with E-state index in [1.54, 1.807) is 0 Å². The summed E-state index contributed by atoms with van der Waals surface area (Å²) >= 11 is 0. The zero-order valence-corrected chi connectivity index (χ0v) is 20.1. The normalized spacial score (nSPS) is 11.9. The van der Waals surface area contributed by atoms with Crippen molar-refractivity contribution in [3.63, 3.8) is 0 Å². The summed E-state index contributed by atoms with van der Waals surface area (Å²) in [6, 6.07) is 28.9. The summed E-state index contributed by atoms with van der Waals surface area (Å²) in [7, 11) is 4.16. The first-order valence-corrected chi connectivity index (χ1v) is 11.4. The first kappa shape index (κ1) is 21.9. The van der Waals surface area contributed by atoms with Crippen LogP contribution in [-0.2, 0) is 0 Å². The fourth-order valence-corrected chi connectivity index (χ4v) is 4.40. The molecule has 2 aromatic rings. The van der Waals surface area contributed by atoms with Gasteiger partial charge in [0.25, 0.3) is 0 Å². The monoisotopic (exact) mass is 419 g/mol. The third kappa shape index (κ3) is 4.34. The van der Waals surface area contributed by atoms with Crippen molar-refractivity contribution in [2.45, 2.75) is 33.6 Å². The maximum absolute atomic E-state index is 2.38. The Morgan fingerprint density at radius 2 is 1.41 bits per heavy atom. The topological polar surface area (TPSA) is 3.24 Å². The quantitative estimate of drug-likeness (QED) is 0.315. The maximum Gasteiger partial charge on any atom is 0.0361 e. The van der Waals surface area contributed by atoms with Gasteiger partial charge < -0.3 is 4.90 Å². The van der Waals surface area contributed by atoms with Crippen LogP contribution < -0.4 is 4.90 Å². The van der Waals surface area contributed by atoms with Crippen molar-refractivity contribution >= 4 is 17.3 Å². The van der Waals surface area contributed by atoms with E-state index in [0.717, 1.165) is 0 Å². The fourth-order valence-electron chi connectivity index (χ4n) is 4.40. The molecule has 2 aliphatic carbocycles. The van der Waals surface area contributed by atoms with E-state index in [1.807, 2.05) is 0 Å². The molecule has 0 spiro atoms. The lowest BCUT2D eigenvalue weighted by Gasteiger charge is -2.14. The van der Waals surface area contributed by atoms with E-state index < -0.39 is 0 Å². The molecule has 0 bridgehead atoms. The van der Waals surface area contributed by atoms with Crippen molar-refractivity contribution in [1.29, 1.82) is 0 Å². The van der Waals surface area contributed by atoms with Crippen molar-refractivity contribution in [2.75, 3.05) is 19.0 Å². The summed E-state index contributed by atoms with van der Waals surface area (Å²) < 4.78 is 0. The Kier molecular flexibility index (Phi) is 6.19. The average molecular weight is 420 g/mol. The van der Waals surface area contributed by atoms with Crippen LogP contribution in [0.5, 0.6) is 0 Å². The molecule has 4 rings (SSSR count). The minimum atomic E-state index is 0.508. The van der Waals surface area contributed by atoms with Gasteiger partial charge in [-0.1, -0.05) is 80.6 Å². The largest absolute Gasteiger partial charge is 0.378 e. The number of anilines is 1. The minimum Gasteiger partial charge on any atom is -0.378 e. The molecule has 0 atom stereocenters. The molecule has 32 heavy (non-hydrogen) atoms. The lowest BCUT2D eigenvalue weighted by molar-refractivity contribution is 0.868. The Labute approximate surface area is 193 Å². The number of hydrogen-bond acceptors (Lipinski definition) is 1. The predicted molar refractivity (Wildman–Crippen MR) is 141 cm³/mol. The van der Waals surface area contributed by atoms with Gasteiger partial charge in [-0.3, -0.25) is 0 Å².